The van der Waals surface area contributed by atoms with E-state index in [1.54, 1.807) is 18.5 Å². The highest BCUT2D eigenvalue weighted by molar-refractivity contribution is 7.17. The van der Waals surface area contributed by atoms with Crippen LogP contribution < -0.4 is 0 Å². The lowest BCUT2D eigenvalue weighted by Crippen LogP contribution is -2.29. The molecule has 1 aliphatic carbocycles. The Morgan fingerprint density at radius 1 is 1.25 bits per heavy atom. The van der Waals surface area contributed by atoms with Gasteiger partial charge in [-0.2, -0.15) is 0 Å². The third-order valence-corrected chi connectivity index (χ3v) is 5.83. The number of aromatic nitrogens is 3. The summed E-state index contributed by atoms with van der Waals surface area (Å²) in [7, 11) is 1.89. The van der Waals surface area contributed by atoms with Crippen molar-refractivity contribution in [1.29, 1.82) is 0 Å². The Balaban J connectivity index is 1.64. The fourth-order valence-electron chi connectivity index (χ4n) is 3.23. The molecule has 1 aliphatic rings. The maximum absolute atomic E-state index is 12.7. The predicted molar refractivity (Wildman–Crippen MR) is 96.0 cm³/mol. The molecule has 0 N–H and O–H groups in total. The zero-order valence-corrected chi connectivity index (χ0v) is 15.2. The van der Waals surface area contributed by atoms with E-state index in [0.29, 0.717) is 15.7 Å². The molecule has 24 heavy (non-hydrogen) atoms. The quantitative estimate of drug-likeness (QED) is 0.824. The van der Waals surface area contributed by atoms with Crippen molar-refractivity contribution in [3.63, 3.8) is 0 Å². The number of amides is 1. The van der Waals surface area contributed by atoms with Gasteiger partial charge in [-0.05, 0) is 25.3 Å². The molecule has 3 rings (SSSR count). The molecule has 1 fully saturated rings. The van der Waals surface area contributed by atoms with E-state index < -0.39 is 0 Å². The highest BCUT2D eigenvalue weighted by Crippen LogP contribution is 2.28. The van der Waals surface area contributed by atoms with Crippen molar-refractivity contribution >= 4 is 17.2 Å². The van der Waals surface area contributed by atoms with E-state index >= 15 is 0 Å². The fourth-order valence-corrected chi connectivity index (χ4v) is 4.24. The fraction of sp³-hybridized carbons (Fsp3) is 0.556. The molecule has 6 heteroatoms. The lowest BCUT2D eigenvalue weighted by atomic mass is 9.87. The van der Waals surface area contributed by atoms with Gasteiger partial charge in [0.2, 0.25) is 0 Å². The van der Waals surface area contributed by atoms with Gasteiger partial charge >= 0.3 is 0 Å². The highest BCUT2D eigenvalue weighted by Gasteiger charge is 2.21. The Kier molecular flexibility index (Phi) is 5.56. The van der Waals surface area contributed by atoms with Crippen LogP contribution in [0.3, 0.4) is 0 Å². The molecule has 2 heterocycles. The number of carbonyl (C=O) groups excluding carboxylic acids is 1. The molecule has 0 saturated heterocycles. The summed E-state index contributed by atoms with van der Waals surface area (Å²) >= 11 is 1.38. The van der Waals surface area contributed by atoms with Crippen LogP contribution in [0.1, 0.15) is 53.9 Å². The van der Waals surface area contributed by atoms with E-state index in [4.69, 9.17) is 0 Å². The summed E-state index contributed by atoms with van der Waals surface area (Å²) in [6.07, 6.45) is 11.2. The second-order valence-electron chi connectivity index (χ2n) is 6.53. The van der Waals surface area contributed by atoms with Crippen LogP contribution in [0.2, 0.25) is 0 Å². The summed E-state index contributed by atoms with van der Waals surface area (Å²) in [5.74, 6) is 1.42. The van der Waals surface area contributed by atoms with Crippen LogP contribution in [0, 0.1) is 12.8 Å². The predicted octanol–water partition coefficient (Wildman–Crippen LogP) is 3.95. The lowest BCUT2D eigenvalue weighted by Gasteiger charge is -2.24. The third kappa shape index (κ3) is 3.98. The van der Waals surface area contributed by atoms with E-state index in [9.17, 15) is 4.79 Å². The van der Waals surface area contributed by atoms with Crippen LogP contribution in [-0.4, -0.2) is 39.4 Å². The van der Waals surface area contributed by atoms with Crippen molar-refractivity contribution in [3.8, 4) is 10.8 Å². The van der Waals surface area contributed by atoms with Gasteiger partial charge in [0.15, 0.2) is 10.8 Å². The van der Waals surface area contributed by atoms with E-state index in [2.05, 4.69) is 15.0 Å². The number of hydrogen-bond donors (Lipinski definition) is 0. The number of nitrogens with zero attached hydrogens (tertiary/aromatic N) is 4. The Morgan fingerprint density at radius 3 is 2.67 bits per heavy atom. The second kappa shape index (κ2) is 7.83. The molecule has 0 atom stereocenters. The molecule has 2 aromatic heterocycles. The summed E-state index contributed by atoms with van der Waals surface area (Å²) in [4.78, 5) is 28.2. The van der Waals surface area contributed by atoms with Gasteiger partial charge in [-0.15, -0.1) is 11.3 Å². The van der Waals surface area contributed by atoms with Crippen molar-refractivity contribution in [3.05, 3.63) is 29.0 Å². The standard InChI is InChI=1S/C18H24N4OS/c1-13-15(24-17(21-13)16-19-10-6-11-20-16)18(23)22(2)12-9-14-7-4-3-5-8-14/h6,10-11,14H,3-5,7-9,12H2,1-2H3. The Hall–Kier alpha value is -1.82. The minimum atomic E-state index is 0.0583. The summed E-state index contributed by atoms with van der Waals surface area (Å²) in [5, 5.41) is 0.706. The first-order valence-corrected chi connectivity index (χ1v) is 9.47. The molecule has 0 aromatic carbocycles. The topological polar surface area (TPSA) is 59.0 Å². The first kappa shape index (κ1) is 17.0. The summed E-state index contributed by atoms with van der Waals surface area (Å²) in [5.41, 5.74) is 0.761. The van der Waals surface area contributed by atoms with Crippen LogP contribution in [0.5, 0.6) is 0 Å². The lowest BCUT2D eigenvalue weighted by molar-refractivity contribution is 0.0787. The molecule has 1 saturated carbocycles. The molecular weight excluding hydrogens is 320 g/mol. The zero-order chi connectivity index (χ0) is 16.9. The minimum Gasteiger partial charge on any atom is -0.341 e. The molecule has 0 unspecified atom stereocenters. The first-order chi connectivity index (χ1) is 11.6. The summed E-state index contributed by atoms with van der Waals surface area (Å²) in [6, 6.07) is 1.77. The van der Waals surface area contributed by atoms with Crippen molar-refractivity contribution < 1.29 is 4.79 Å². The number of thiazole rings is 1. The van der Waals surface area contributed by atoms with Gasteiger partial charge in [0.05, 0.1) is 5.69 Å². The van der Waals surface area contributed by atoms with Gasteiger partial charge in [-0.3, -0.25) is 4.79 Å². The molecule has 0 spiro atoms. The largest absolute Gasteiger partial charge is 0.341 e. The van der Waals surface area contributed by atoms with Crippen molar-refractivity contribution in [2.75, 3.05) is 13.6 Å². The average molecular weight is 344 g/mol. The zero-order valence-electron chi connectivity index (χ0n) is 14.4. The number of rotatable bonds is 5. The van der Waals surface area contributed by atoms with Gasteiger partial charge in [0.25, 0.3) is 5.91 Å². The average Bonchev–Trinajstić information content (AvgIpc) is 3.02. The van der Waals surface area contributed by atoms with E-state index in [1.807, 2.05) is 18.9 Å². The maximum atomic E-state index is 12.7. The third-order valence-electron chi connectivity index (χ3n) is 4.69. The Morgan fingerprint density at radius 2 is 1.96 bits per heavy atom. The van der Waals surface area contributed by atoms with Crippen LogP contribution in [0.25, 0.3) is 10.8 Å². The monoisotopic (exact) mass is 344 g/mol. The Labute approximate surface area is 147 Å². The molecule has 5 nitrogen and oxygen atoms in total. The van der Waals surface area contributed by atoms with E-state index in [0.717, 1.165) is 24.6 Å². The molecule has 128 valence electrons. The van der Waals surface area contributed by atoms with Gasteiger partial charge in [-0.25, -0.2) is 15.0 Å². The van der Waals surface area contributed by atoms with Gasteiger partial charge in [-0.1, -0.05) is 32.1 Å². The van der Waals surface area contributed by atoms with Crippen LogP contribution in [0.15, 0.2) is 18.5 Å². The van der Waals surface area contributed by atoms with Crippen molar-refractivity contribution in [2.24, 2.45) is 5.92 Å². The molecular formula is C18H24N4OS. The second-order valence-corrected chi connectivity index (χ2v) is 7.52. The van der Waals surface area contributed by atoms with E-state index in [1.165, 1.54) is 43.4 Å². The van der Waals surface area contributed by atoms with Crippen LogP contribution >= 0.6 is 11.3 Å². The van der Waals surface area contributed by atoms with Gasteiger partial charge in [0.1, 0.15) is 4.88 Å². The highest BCUT2D eigenvalue weighted by atomic mass is 32.1. The molecule has 2 aromatic rings. The Bertz CT molecular complexity index is 680. The van der Waals surface area contributed by atoms with Crippen LogP contribution in [0.4, 0.5) is 0 Å². The summed E-state index contributed by atoms with van der Waals surface area (Å²) in [6.45, 7) is 2.70. The van der Waals surface area contributed by atoms with Crippen LogP contribution in [-0.2, 0) is 0 Å². The van der Waals surface area contributed by atoms with Gasteiger partial charge in [0, 0.05) is 26.0 Å². The summed E-state index contributed by atoms with van der Waals surface area (Å²) < 4.78 is 0. The normalized spacial score (nSPS) is 15.4. The molecule has 1 amide bonds. The van der Waals surface area contributed by atoms with Crippen molar-refractivity contribution in [2.45, 2.75) is 45.4 Å². The molecule has 0 bridgehead atoms. The smallest absolute Gasteiger partial charge is 0.265 e. The van der Waals surface area contributed by atoms with Crippen molar-refractivity contribution in [1.82, 2.24) is 19.9 Å². The number of hydrogen-bond acceptors (Lipinski definition) is 5. The maximum Gasteiger partial charge on any atom is 0.265 e. The van der Waals surface area contributed by atoms with E-state index in [-0.39, 0.29) is 5.91 Å². The van der Waals surface area contributed by atoms with Gasteiger partial charge < -0.3 is 4.90 Å². The first-order valence-electron chi connectivity index (χ1n) is 8.65. The SMILES string of the molecule is Cc1nc(-c2ncccn2)sc1C(=O)N(C)CCC1CCCCC1. The number of aryl methyl sites for hydroxylation is 1. The number of carbonyl (C=O) groups is 1. The molecule has 0 radical (unpaired) electrons. The molecule has 0 aliphatic heterocycles. The minimum absolute atomic E-state index is 0.0583.